The Morgan fingerprint density at radius 3 is 2.67 bits per heavy atom. The Bertz CT molecular complexity index is 1470. The van der Waals surface area contributed by atoms with Crippen molar-refractivity contribution in [2.75, 3.05) is 0 Å². The molecule has 1 N–H and O–H groups in total. The van der Waals surface area contributed by atoms with Crippen molar-refractivity contribution in [2.45, 2.75) is 26.7 Å². The number of aliphatic imine (C=N–C) groups is 1. The van der Waals surface area contributed by atoms with Crippen molar-refractivity contribution in [3.8, 4) is 0 Å². The smallest absolute Gasteiger partial charge is 0.347 e. The van der Waals surface area contributed by atoms with Crippen LogP contribution >= 0.6 is 11.3 Å². The fourth-order valence-electron chi connectivity index (χ4n) is 4.12. The fourth-order valence-corrected chi connectivity index (χ4v) is 5.02. The average molecular weight is 417 g/mol. The van der Waals surface area contributed by atoms with Crippen LogP contribution in [-0.2, 0) is 4.79 Å². The van der Waals surface area contributed by atoms with Crippen molar-refractivity contribution in [3.63, 3.8) is 0 Å². The number of aliphatic hydroxyl groups excluding tert-OH is 1. The zero-order valence-electron chi connectivity index (χ0n) is 16.6. The number of hydrogen-bond donors (Lipinski definition) is 1. The van der Waals surface area contributed by atoms with Gasteiger partial charge < -0.3 is 9.52 Å². The Morgan fingerprint density at radius 2 is 1.87 bits per heavy atom. The number of carbonyl (C=O) groups excluding carboxylic acids is 1. The van der Waals surface area contributed by atoms with Gasteiger partial charge in [0.2, 0.25) is 0 Å². The summed E-state index contributed by atoms with van der Waals surface area (Å²) in [4.78, 5) is 29.6. The molecule has 0 saturated carbocycles. The van der Waals surface area contributed by atoms with Crippen molar-refractivity contribution >= 4 is 60.8 Å². The number of carbonyl (C=O) groups is 1. The summed E-state index contributed by atoms with van der Waals surface area (Å²) in [6.45, 7) is 3.89. The van der Waals surface area contributed by atoms with E-state index in [1.54, 1.807) is 0 Å². The Kier molecular flexibility index (Phi) is 4.15. The van der Waals surface area contributed by atoms with Gasteiger partial charge in [-0.3, -0.25) is 4.79 Å². The first-order valence-electron chi connectivity index (χ1n) is 9.69. The molecule has 0 fully saturated rings. The van der Waals surface area contributed by atoms with Gasteiger partial charge in [0.25, 0.3) is 0 Å². The van der Waals surface area contributed by atoms with Crippen LogP contribution in [0.25, 0.3) is 32.5 Å². The van der Waals surface area contributed by atoms with Crippen molar-refractivity contribution in [2.24, 2.45) is 10.4 Å². The lowest BCUT2D eigenvalue weighted by Gasteiger charge is -2.28. The van der Waals surface area contributed by atoms with E-state index in [4.69, 9.17) is 4.42 Å². The second-order valence-electron chi connectivity index (χ2n) is 8.44. The summed E-state index contributed by atoms with van der Waals surface area (Å²) in [5.74, 6) is -0.0952. The van der Waals surface area contributed by atoms with E-state index in [1.807, 2.05) is 55.6 Å². The molecular formula is C24H19NO4S. The van der Waals surface area contributed by atoms with Crippen molar-refractivity contribution < 1.29 is 14.3 Å². The number of rotatable bonds is 2. The molecule has 2 aromatic carbocycles. The number of thiophene rings is 1. The molecule has 2 aromatic heterocycles. The predicted molar refractivity (Wildman–Crippen MR) is 121 cm³/mol. The highest BCUT2D eigenvalue weighted by atomic mass is 32.1. The molecule has 0 saturated heterocycles. The zero-order valence-corrected chi connectivity index (χ0v) is 17.4. The number of Topliss-reactive ketones (excluding diaryl/α,β-unsaturated/α-hetero) is 1. The first-order chi connectivity index (χ1) is 14.3. The third-order valence-electron chi connectivity index (χ3n) is 5.55. The third-order valence-corrected chi connectivity index (χ3v) is 6.43. The van der Waals surface area contributed by atoms with Crippen LogP contribution in [0.4, 0.5) is 5.00 Å². The molecule has 5 nitrogen and oxygen atoms in total. The average Bonchev–Trinajstić information content (AvgIpc) is 3.11. The summed E-state index contributed by atoms with van der Waals surface area (Å²) in [7, 11) is 0. The van der Waals surface area contributed by atoms with Gasteiger partial charge in [-0.05, 0) is 16.9 Å². The fraction of sp³-hybridized carbons (Fsp3) is 0.208. The van der Waals surface area contributed by atoms with Gasteiger partial charge in [-0.15, -0.1) is 11.3 Å². The molecule has 0 radical (unpaired) electrons. The molecule has 2 heterocycles. The normalized spacial score (nSPS) is 17.1. The van der Waals surface area contributed by atoms with E-state index in [2.05, 4.69) is 4.99 Å². The largest absolute Gasteiger partial charge is 0.511 e. The Hall–Kier alpha value is -3.25. The van der Waals surface area contributed by atoms with Gasteiger partial charge in [-0.1, -0.05) is 44.2 Å². The SMILES string of the molecule is CC1(C)CC(=O)C(/C=N/c2scc3c2c(=O)oc2c4ccccc4ccc32)=C(O)C1. The van der Waals surface area contributed by atoms with E-state index in [9.17, 15) is 14.7 Å². The highest BCUT2D eigenvalue weighted by Gasteiger charge is 2.32. The lowest BCUT2D eigenvalue weighted by molar-refractivity contribution is -0.117. The van der Waals surface area contributed by atoms with Crippen LogP contribution in [0.15, 0.2) is 67.3 Å². The maximum absolute atomic E-state index is 12.8. The van der Waals surface area contributed by atoms with Gasteiger partial charge >= 0.3 is 5.63 Å². The predicted octanol–water partition coefficient (Wildman–Crippen LogP) is 6.06. The first-order valence-corrected chi connectivity index (χ1v) is 10.6. The summed E-state index contributed by atoms with van der Waals surface area (Å²) >= 11 is 1.31. The van der Waals surface area contributed by atoms with Crippen LogP contribution in [0.5, 0.6) is 0 Å². The molecule has 4 aromatic rings. The van der Waals surface area contributed by atoms with Crippen molar-refractivity contribution in [3.05, 3.63) is 63.5 Å². The second kappa shape index (κ2) is 6.64. The molecule has 0 aliphatic heterocycles. The molecule has 6 heteroatoms. The van der Waals surface area contributed by atoms with Crippen LogP contribution in [0.1, 0.15) is 26.7 Å². The van der Waals surface area contributed by atoms with Crippen LogP contribution in [0.2, 0.25) is 0 Å². The van der Waals surface area contributed by atoms with Gasteiger partial charge in [-0.25, -0.2) is 9.79 Å². The standard InChI is InChI=1S/C24H19NO4S/c1-24(2)9-18(26)16(19(27)10-24)11-25-22-20-17(12-30-22)15-8-7-13-5-3-4-6-14(13)21(15)29-23(20)28/h3-8,11-12,26H,9-10H2,1-2H3/b25-11+. The monoisotopic (exact) mass is 417 g/mol. The van der Waals surface area contributed by atoms with E-state index in [0.29, 0.717) is 28.8 Å². The van der Waals surface area contributed by atoms with E-state index < -0.39 is 5.63 Å². The number of allylic oxidation sites excluding steroid dienone is 2. The van der Waals surface area contributed by atoms with Crippen molar-refractivity contribution in [1.82, 2.24) is 0 Å². The lowest BCUT2D eigenvalue weighted by Crippen LogP contribution is -2.26. The van der Waals surface area contributed by atoms with Gasteiger partial charge in [0, 0.05) is 40.6 Å². The molecular weight excluding hydrogens is 398 g/mol. The van der Waals surface area contributed by atoms with Crippen molar-refractivity contribution in [1.29, 1.82) is 0 Å². The molecule has 0 spiro atoms. The maximum Gasteiger partial charge on any atom is 0.347 e. The van der Waals surface area contributed by atoms with Crippen LogP contribution in [-0.4, -0.2) is 17.1 Å². The molecule has 0 atom stereocenters. The summed E-state index contributed by atoms with van der Waals surface area (Å²) in [6, 6.07) is 11.7. The highest BCUT2D eigenvalue weighted by Crippen LogP contribution is 2.38. The minimum absolute atomic E-state index is 0.0461. The number of benzene rings is 2. The zero-order chi connectivity index (χ0) is 21.0. The van der Waals surface area contributed by atoms with E-state index in [-0.39, 0.29) is 22.5 Å². The molecule has 1 aliphatic rings. The quantitative estimate of drug-likeness (QED) is 0.244. The summed E-state index contributed by atoms with van der Waals surface area (Å²) in [5.41, 5.74) is 0.0456. The molecule has 30 heavy (non-hydrogen) atoms. The number of ketones is 1. The summed E-state index contributed by atoms with van der Waals surface area (Å²) < 4.78 is 5.70. The topological polar surface area (TPSA) is 79.9 Å². The van der Waals surface area contributed by atoms with E-state index >= 15 is 0 Å². The van der Waals surface area contributed by atoms with Gasteiger partial charge in [0.05, 0.1) is 5.57 Å². The maximum atomic E-state index is 12.8. The summed E-state index contributed by atoms with van der Waals surface area (Å²) in [6.07, 6.45) is 2.15. The molecule has 0 unspecified atom stereocenters. The van der Waals surface area contributed by atoms with Gasteiger partial charge in [0.15, 0.2) is 5.78 Å². The Balaban J connectivity index is 1.66. The van der Waals surface area contributed by atoms with Crippen LogP contribution in [0, 0.1) is 5.41 Å². The Labute approximate surface area is 176 Å². The van der Waals surface area contributed by atoms with Gasteiger partial charge in [-0.2, -0.15) is 0 Å². The Morgan fingerprint density at radius 1 is 1.07 bits per heavy atom. The third kappa shape index (κ3) is 2.95. The van der Waals surface area contributed by atoms with E-state index in [0.717, 1.165) is 21.5 Å². The number of aliphatic hydroxyl groups is 1. The number of hydrogen-bond acceptors (Lipinski definition) is 6. The van der Waals surface area contributed by atoms with E-state index in [1.165, 1.54) is 17.6 Å². The van der Waals surface area contributed by atoms with Gasteiger partial charge in [0.1, 0.15) is 21.7 Å². The minimum atomic E-state index is -0.462. The first kappa shape index (κ1) is 18.8. The molecule has 0 amide bonds. The lowest BCUT2D eigenvalue weighted by atomic mass is 9.77. The second-order valence-corrected chi connectivity index (χ2v) is 9.30. The molecule has 0 bridgehead atoms. The minimum Gasteiger partial charge on any atom is -0.511 e. The summed E-state index contributed by atoms with van der Waals surface area (Å²) in [5, 5.41) is 16.6. The van der Waals surface area contributed by atoms with Crippen LogP contribution < -0.4 is 5.63 Å². The molecule has 5 rings (SSSR count). The highest BCUT2D eigenvalue weighted by molar-refractivity contribution is 7.15. The molecule has 150 valence electrons. The molecule has 1 aliphatic carbocycles. The van der Waals surface area contributed by atoms with Crippen LogP contribution in [0.3, 0.4) is 0 Å². The number of fused-ring (bicyclic) bond motifs is 5. The number of nitrogens with zero attached hydrogens (tertiary/aromatic N) is 1.